The molecule has 1 aliphatic heterocycles. The minimum atomic E-state index is -0.775. The molecule has 2 bridgehead atoms. The van der Waals surface area contributed by atoms with E-state index in [9.17, 15) is 14.4 Å². The summed E-state index contributed by atoms with van der Waals surface area (Å²) in [7, 11) is 0. The molecule has 1 heterocycles. The predicted octanol–water partition coefficient (Wildman–Crippen LogP) is 6.33. The first-order valence-electron chi connectivity index (χ1n) is 13.0. The second-order valence-corrected chi connectivity index (χ2v) is 11.4. The number of carbonyl (C=O) groups excluding carboxylic acids is 3. The van der Waals surface area contributed by atoms with Crippen molar-refractivity contribution in [2.24, 2.45) is 11.8 Å². The van der Waals surface area contributed by atoms with Crippen LogP contribution >= 0.6 is 15.9 Å². The highest BCUT2D eigenvalue weighted by Crippen LogP contribution is 2.66. The third-order valence-corrected chi connectivity index (χ3v) is 9.45. The molecule has 1 saturated heterocycles. The highest BCUT2D eigenvalue weighted by Gasteiger charge is 2.67. The average Bonchev–Trinajstić information content (AvgIpc) is 3.20. The number of rotatable bonds is 7. The summed E-state index contributed by atoms with van der Waals surface area (Å²) < 4.78 is 4.61. The number of ether oxygens (including phenoxy) is 1. The zero-order chi connectivity index (χ0) is 25.7. The van der Waals surface area contributed by atoms with E-state index >= 15 is 0 Å². The fourth-order valence-electron chi connectivity index (χ4n) is 6.46. The van der Waals surface area contributed by atoms with Crippen LogP contribution in [0.1, 0.15) is 71.1 Å². The van der Waals surface area contributed by atoms with Crippen LogP contribution in [-0.4, -0.2) is 24.4 Å². The lowest BCUT2D eigenvalue weighted by atomic mass is 9.55. The Morgan fingerprint density at radius 1 is 0.865 bits per heavy atom. The van der Waals surface area contributed by atoms with Crippen LogP contribution in [0.2, 0.25) is 0 Å². The number of alkyl halides is 1. The maximum absolute atomic E-state index is 14.0. The number of esters is 1. The molecule has 5 nitrogen and oxygen atoms in total. The predicted molar refractivity (Wildman–Crippen MR) is 145 cm³/mol. The van der Waals surface area contributed by atoms with Crippen molar-refractivity contribution in [3.05, 3.63) is 101 Å². The van der Waals surface area contributed by atoms with E-state index < -0.39 is 16.2 Å². The third-order valence-electron chi connectivity index (χ3n) is 8.11. The lowest BCUT2D eigenvalue weighted by Gasteiger charge is -2.51. The monoisotopic (exact) mass is 557 g/mol. The average molecular weight is 558 g/mol. The van der Waals surface area contributed by atoms with E-state index in [-0.39, 0.29) is 23.7 Å². The zero-order valence-corrected chi connectivity index (χ0v) is 22.2. The summed E-state index contributed by atoms with van der Waals surface area (Å²) in [4.78, 5) is 41.7. The molecule has 0 radical (unpaired) electrons. The van der Waals surface area contributed by atoms with Crippen LogP contribution in [0.4, 0.5) is 5.69 Å². The molecule has 37 heavy (non-hydrogen) atoms. The van der Waals surface area contributed by atoms with Crippen LogP contribution in [0.25, 0.3) is 0 Å². The summed E-state index contributed by atoms with van der Waals surface area (Å²) >= 11 is 4.01. The minimum Gasteiger partial charge on any atom is -0.462 e. The fraction of sp³-hybridized carbons (Fsp3) is 0.323. The van der Waals surface area contributed by atoms with Gasteiger partial charge in [-0.05, 0) is 52.9 Å². The molecule has 6 heteroatoms. The molecule has 0 N–H and O–H groups in total. The number of hydrogen-bond donors (Lipinski definition) is 0. The summed E-state index contributed by atoms with van der Waals surface area (Å²) in [6, 6.07) is 22.8. The SMILES string of the molecule is CCCCCCOC(=O)c1ccc(N2C(=O)C3C4c5ccccc5C(Br)(c5ccccc54)C3C2=O)cc1. The number of halogens is 1. The van der Waals surface area contributed by atoms with Crippen molar-refractivity contribution in [2.75, 3.05) is 11.5 Å². The number of imide groups is 1. The van der Waals surface area contributed by atoms with Crippen molar-refractivity contribution in [3.8, 4) is 0 Å². The molecule has 0 spiro atoms. The largest absolute Gasteiger partial charge is 0.462 e. The topological polar surface area (TPSA) is 63.7 Å². The van der Waals surface area contributed by atoms with Crippen molar-refractivity contribution in [3.63, 3.8) is 0 Å². The van der Waals surface area contributed by atoms with Gasteiger partial charge in [0.1, 0.15) is 0 Å². The maximum atomic E-state index is 14.0. The Kier molecular flexibility index (Phi) is 6.03. The normalized spacial score (nSPS) is 25.0. The van der Waals surface area contributed by atoms with Crippen LogP contribution in [-0.2, 0) is 18.7 Å². The first kappa shape index (κ1) is 24.1. The standard InChI is InChI=1S/C31H28BrNO4/c1-2-3-4-9-18-37-30(36)19-14-16-20(17-15-19)33-28(34)26-25-21-10-5-7-12-23(21)31(32,27(26)29(33)35)24-13-8-6-11-22(24)25/h5-8,10-17,25-27H,2-4,9,18H2,1H3. The van der Waals surface area contributed by atoms with Gasteiger partial charge in [-0.2, -0.15) is 0 Å². The number of unbranched alkanes of at least 4 members (excludes halogenated alkanes) is 3. The van der Waals surface area contributed by atoms with Crippen molar-refractivity contribution >= 4 is 39.4 Å². The molecule has 2 atom stereocenters. The molecule has 3 aromatic carbocycles. The molecule has 188 valence electrons. The maximum Gasteiger partial charge on any atom is 0.338 e. The van der Waals surface area contributed by atoms with E-state index in [1.54, 1.807) is 24.3 Å². The minimum absolute atomic E-state index is 0.180. The Balaban J connectivity index is 1.31. The van der Waals surface area contributed by atoms with Gasteiger partial charge in [0.2, 0.25) is 11.8 Å². The number of benzene rings is 3. The highest BCUT2D eigenvalue weighted by molar-refractivity contribution is 9.09. The summed E-state index contributed by atoms with van der Waals surface area (Å²) in [6.45, 7) is 2.53. The molecule has 3 aromatic rings. The van der Waals surface area contributed by atoms with Gasteiger partial charge in [-0.3, -0.25) is 9.59 Å². The summed E-state index contributed by atoms with van der Waals surface area (Å²) in [5.41, 5.74) is 5.19. The van der Waals surface area contributed by atoms with Gasteiger partial charge in [0, 0.05) is 5.92 Å². The molecule has 4 aliphatic rings. The summed E-state index contributed by atoms with van der Waals surface area (Å²) in [5, 5.41) is 0. The Labute approximate surface area is 224 Å². The third kappa shape index (κ3) is 3.52. The van der Waals surface area contributed by atoms with Crippen LogP contribution in [0.5, 0.6) is 0 Å². The Bertz CT molecular complexity index is 1350. The van der Waals surface area contributed by atoms with Gasteiger partial charge in [0.25, 0.3) is 0 Å². The first-order valence-corrected chi connectivity index (χ1v) is 13.8. The lowest BCUT2D eigenvalue weighted by molar-refractivity contribution is -0.122. The quantitative estimate of drug-likeness (QED) is 0.147. The molecule has 2 unspecified atom stereocenters. The Morgan fingerprint density at radius 2 is 1.49 bits per heavy atom. The molecular formula is C31H28BrNO4. The molecular weight excluding hydrogens is 530 g/mol. The van der Waals surface area contributed by atoms with Gasteiger partial charge in [0.05, 0.1) is 34.0 Å². The van der Waals surface area contributed by atoms with Crippen molar-refractivity contribution in [1.82, 2.24) is 0 Å². The molecule has 0 aromatic heterocycles. The van der Waals surface area contributed by atoms with Gasteiger partial charge in [-0.1, -0.05) is 90.6 Å². The van der Waals surface area contributed by atoms with Gasteiger partial charge in [-0.15, -0.1) is 0 Å². The molecule has 3 aliphatic carbocycles. The smallest absolute Gasteiger partial charge is 0.338 e. The van der Waals surface area contributed by atoms with Crippen molar-refractivity contribution < 1.29 is 19.1 Å². The summed E-state index contributed by atoms with van der Waals surface area (Å²) in [6.07, 6.45) is 4.13. The molecule has 2 amide bonds. The van der Waals surface area contributed by atoms with Crippen molar-refractivity contribution in [2.45, 2.75) is 42.8 Å². The van der Waals surface area contributed by atoms with Gasteiger partial charge in [0.15, 0.2) is 0 Å². The second-order valence-electron chi connectivity index (χ2n) is 10.1. The van der Waals surface area contributed by atoms with Gasteiger partial charge >= 0.3 is 5.97 Å². The van der Waals surface area contributed by atoms with Crippen molar-refractivity contribution in [1.29, 1.82) is 0 Å². The van der Waals surface area contributed by atoms with Crippen LogP contribution < -0.4 is 4.90 Å². The van der Waals surface area contributed by atoms with E-state index in [4.69, 9.17) is 4.74 Å². The van der Waals surface area contributed by atoms with E-state index in [1.807, 2.05) is 24.3 Å². The first-order chi connectivity index (χ1) is 18.0. The lowest BCUT2D eigenvalue weighted by Crippen LogP contribution is -2.50. The van der Waals surface area contributed by atoms with E-state index in [0.717, 1.165) is 47.9 Å². The van der Waals surface area contributed by atoms with Crippen LogP contribution in [0, 0.1) is 11.8 Å². The number of hydrogen-bond acceptors (Lipinski definition) is 4. The van der Waals surface area contributed by atoms with Gasteiger partial charge < -0.3 is 4.74 Å². The molecule has 7 rings (SSSR count). The molecule has 0 saturated carbocycles. The second kappa shape index (κ2) is 9.25. The zero-order valence-electron chi connectivity index (χ0n) is 20.7. The number of carbonyl (C=O) groups is 3. The van der Waals surface area contributed by atoms with E-state index in [2.05, 4.69) is 47.1 Å². The highest BCUT2D eigenvalue weighted by atomic mass is 79.9. The van der Waals surface area contributed by atoms with E-state index in [0.29, 0.717) is 17.9 Å². The summed E-state index contributed by atoms with van der Waals surface area (Å²) in [5.74, 6) is -2.03. The Hall–Kier alpha value is -3.25. The Morgan fingerprint density at radius 3 is 2.11 bits per heavy atom. The number of amides is 2. The van der Waals surface area contributed by atoms with Gasteiger partial charge in [-0.25, -0.2) is 9.69 Å². The fourth-order valence-corrected chi connectivity index (χ4v) is 7.66. The van der Waals surface area contributed by atoms with Crippen LogP contribution in [0.15, 0.2) is 72.8 Å². The van der Waals surface area contributed by atoms with Crippen LogP contribution in [0.3, 0.4) is 0 Å². The van der Waals surface area contributed by atoms with E-state index in [1.165, 1.54) is 4.90 Å². The molecule has 1 fully saturated rings. The number of nitrogens with zero attached hydrogens (tertiary/aromatic N) is 1. The number of anilines is 1.